The van der Waals surface area contributed by atoms with Gasteiger partial charge in [-0.05, 0) is 19.1 Å². The molecule has 0 aliphatic heterocycles. The molecule has 1 heterocycles. The fraction of sp³-hybridized carbons (Fsp3) is 0.286. The Labute approximate surface area is 137 Å². The molecule has 1 aromatic heterocycles. The van der Waals surface area contributed by atoms with Crippen LogP contribution < -0.4 is 10.6 Å². The number of hydrogen-bond acceptors (Lipinski definition) is 7. The third-order valence-electron chi connectivity index (χ3n) is 2.60. The number of nitrogens with one attached hydrogen (secondary N) is 2. The summed E-state index contributed by atoms with van der Waals surface area (Å²) in [7, 11) is 0. The molecule has 0 spiro atoms. The third kappa shape index (κ3) is 5.35. The Morgan fingerprint density at radius 1 is 1.36 bits per heavy atom. The summed E-state index contributed by atoms with van der Waals surface area (Å²) in [5.74, 6) is 0.161. The molecule has 6 nitrogen and oxygen atoms in total. The molecule has 0 saturated carbocycles. The van der Waals surface area contributed by atoms with Gasteiger partial charge in [-0.15, -0.1) is 10.2 Å². The molecule has 0 atom stereocenters. The van der Waals surface area contributed by atoms with Crippen LogP contribution in [0.5, 0.6) is 0 Å². The van der Waals surface area contributed by atoms with Gasteiger partial charge >= 0.3 is 0 Å². The van der Waals surface area contributed by atoms with E-state index in [0.717, 1.165) is 10.0 Å². The number of amides is 1. The molecule has 2 aromatic rings. The van der Waals surface area contributed by atoms with Crippen LogP contribution in [0.1, 0.15) is 12.0 Å². The van der Waals surface area contributed by atoms with E-state index < -0.39 is 0 Å². The number of nitrogens with zero attached hydrogens (tertiary/aromatic N) is 3. The normalized spacial score (nSPS) is 10.0. The van der Waals surface area contributed by atoms with Crippen LogP contribution in [-0.4, -0.2) is 28.4 Å². The average Bonchev–Trinajstić information content (AvgIpc) is 2.95. The number of nitriles is 1. The fourth-order valence-electron chi connectivity index (χ4n) is 1.52. The molecule has 2 N–H and O–H groups in total. The Balaban J connectivity index is 1.80. The SMILES string of the molecule is Cc1ccc(Nc2nnc(SCC(=O)NCCC#N)s2)cc1. The van der Waals surface area contributed by atoms with Crippen molar-refractivity contribution in [2.75, 3.05) is 17.6 Å². The largest absolute Gasteiger partial charge is 0.354 e. The summed E-state index contributed by atoms with van der Waals surface area (Å²) < 4.78 is 0.727. The second-order valence-corrected chi connectivity index (χ2v) is 6.61. The average molecular weight is 333 g/mol. The Morgan fingerprint density at radius 2 is 2.14 bits per heavy atom. The van der Waals surface area contributed by atoms with Crippen LogP contribution in [0.15, 0.2) is 28.6 Å². The molecule has 22 heavy (non-hydrogen) atoms. The van der Waals surface area contributed by atoms with Crippen LogP contribution in [0.25, 0.3) is 0 Å². The molecule has 2 rings (SSSR count). The van der Waals surface area contributed by atoms with Crippen molar-refractivity contribution in [1.29, 1.82) is 5.26 Å². The molecule has 0 fully saturated rings. The Kier molecular flexibility index (Phi) is 6.18. The predicted octanol–water partition coefficient (Wildman–Crippen LogP) is 2.71. The second kappa shape index (κ2) is 8.36. The van der Waals surface area contributed by atoms with Crippen molar-refractivity contribution in [2.45, 2.75) is 17.7 Å². The summed E-state index contributed by atoms with van der Waals surface area (Å²) in [6, 6.07) is 9.97. The van der Waals surface area contributed by atoms with Gasteiger partial charge in [-0.1, -0.05) is 40.8 Å². The first kappa shape index (κ1) is 16.3. The molecule has 1 aromatic carbocycles. The molecule has 0 radical (unpaired) electrons. The van der Waals surface area contributed by atoms with E-state index in [0.29, 0.717) is 18.1 Å². The zero-order chi connectivity index (χ0) is 15.8. The summed E-state index contributed by atoms with van der Waals surface area (Å²) in [5.41, 5.74) is 2.15. The van der Waals surface area contributed by atoms with Gasteiger partial charge in [0.15, 0.2) is 4.34 Å². The maximum atomic E-state index is 11.5. The molecule has 0 bridgehead atoms. The molecule has 0 aliphatic rings. The number of thioether (sulfide) groups is 1. The van der Waals surface area contributed by atoms with E-state index in [-0.39, 0.29) is 11.7 Å². The number of carbonyl (C=O) groups excluding carboxylic acids is 1. The van der Waals surface area contributed by atoms with Crippen LogP contribution in [0.3, 0.4) is 0 Å². The third-order valence-corrected chi connectivity index (χ3v) is 4.57. The van der Waals surface area contributed by atoms with Gasteiger partial charge < -0.3 is 10.6 Å². The van der Waals surface area contributed by atoms with Gasteiger partial charge in [0.2, 0.25) is 11.0 Å². The zero-order valence-electron chi connectivity index (χ0n) is 12.0. The number of rotatable bonds is 7. The van der Waals surface area contributed by atoms with Crippen molar-refractivity contribution < 1.29 is 4.79 Å². The smallest absolute Gasteiger partial charge is 0.230 e. The zero-order valence-corrected chi connectivity index (χ0v) is 13.6. The van der Waals surface area contributed by atoms with Gasteiger partial charge in [-0.2, -0.15) is 5.26 Å². The van der Waals surface area contributed by atoms with Crippen molar-refractivity contribution in [3.63, 3.8) is 0 Å². The lowest BCUT2D eigenvalue weighted by Crippen LogP contribution is -2.25. The number of hydrogen-bond donors (Lipinski definition) is 2. The molecule has 8 heteroatoms. The van der Waals surface area contributed by atoms with E-state index >= 15 is 0 Å². The van der Waals surface area contributed by atoms with Gasteiger partial charge in [-0.25, -0.2) is 0 Å². The lowest BCUT2D eigenvalue weighted by Gasteiger charge is -2.01. The molecular weight excluding hydrogens is 318 g/mol. The highest BCUT2D eigenvalue weighted by molar-refractivity contribution is 8.01. The maximum Gasteiger partial charge on any atom is 0.230 e. The molecule has 114 valence electrons. The van der Waals surface area contributed by atoms with Crippen LogP contribution >= 0.6 is 23.1 Å². The summed E-state index contributed by atoms with van der Waals surface area (Å²) in [4.78, 5) is 11.5. The summed E-state index contributed by atoms with van der Waals surface area (Å²) in [6.07, 6.45) is 0.319. The number of aromatic nitrogens is 2. The van der Waals surface area contributed by atoms with Crippen molar-refractivity contribution in [1.82, 2.24) is 15.5 Å². The number of aryl methyl sites for hydroxylation is 1. The van der Waals surface area contributed by atoms with Gasteiger partial charge in [0, 0.05) is 12.2 Å². The minimum Gasteiger partial charge on any atom is -0.354 e. The molecule has 0 unspecified atom stereocenters. The summed E-state index contributed by atoms with van der Waals surface area (Å²) in [6.45, 7) is 2.41. The Bertz CT molecular complexity index is 663. The second-order valence-electron chi connectivity index (χ2n) is 4.41. The highest BCUT2D eigenvalue weighted by Crippen LogP contribution is 2.27. The van der Waals surface area contributed by atoms with Crippen molar-refractivity contribution >= 4 is 39.8 Å². The first-order valence-electron chi connectivity index (χ1n) is 6.61. The highest BCUT2D eigenvalue weighted by Gasteiger charge is 2.08. The molecular formula is C14H15N5OS2. The first-order valence-corrected chi connectivity index (χ1v) is 8.41. The molecule has 1 amide bonds. The highest BCUT2D eigenvalue weighted by atomic mass is 32.2. The van der Waals surface area contributed by atoms with E-state index in [9.17, 15) is 4.79 Å². The Hall–Kier alpha value is -2.11. The van der Waals surface area contributed by atoms with E-state index in [2.05, 4.69) is 20.8 Å². The minimum absolute atomic E-state index is 0.108. The predicted molar refractivity (Wildman–Crippen MR) is 88.3 cm³/mol. The van der Waals surface area contributed by atoms with Crippen molar-refractivity contribution in [3.8, 4) is 6.07 Å². The summed E-state index contributed by atoms with van der Waals surface area (Å²) in [5, 5.41) is 23.0. The van der Waals surface area contributed by atoms with E-state index in [1.165, 1.54) is 28.7 Å². The standard InChI is InChI=1S/C14H15N5OS2/c1-10-3-5-11(6-4-10)17-13-18-19-14(22-13)21-9-12(20)16-8-2-7-15/h3-6H,2,8-9H2,1H3,(H,16,20)(H,17,18). The monoisotopic (exact) mass is 333 g/mol. The topological polar surface area (TPSA) is 90.7 Å². The lowest BCUT2D eigenvalue weighted by atomic mass is 10.2. The van der Waals surface area contributed by atoms with Crippen LogP contribution in [0.2, 0.25) is 0 Å². The first-order chi connectivity index (χ1) is 10.7. The molecule has 0 aliphatic carbocycles. The fourth-order valence-corrected chi connectivity index (χ4v) is 3.12. The van der Waals surface area contributed by atoms with Crippen LogP contribution in [0, 0.1) is 18.3 Å². The number of anilines is 2. The Morgan fingerprint density at radius 3 is 2.86 bits per heavy atom. The van der Waals surface area contributed by atoms with E-state index in [1.54, 1.807) is 0 Å². The molecule has 0 saturated heterocycles. The van der Waals surface area contributed by atoms with Gasteiger partial charge in [0.25, 0.3) is 0 Å². The quantitative estimate of drug-likeness (QED) is 0.598. The minimum atomic E-state index is -0.108. The maximum absolute atomic E-state index is 11.5. The van der Waals surface area contributed by atoms with Gasteiger partial charge in [-0.3, -0.25) is 4.79 Å². The van der Waals surface area contributed by atoms with Crippen molar-refractivity contribution in [2.24, 2.45) is 0 Å². The van der Waals surface area contributed by atoms with Crippen molar-refractivity contribution in [3.05, 3.63) is 29.8 Å². The van der Waals surface area contributed by atoms with E-state index in [4.69, 9.17) is 5.26 Å². The van der Waals surface area contributed by atoms with Gasteiger partial charge in [0.1, 0.15) is 0 Å². The lowest BCUT2D eigenvalue weighted by molar-refractivity contribution is -0.118. The van der Waals surface area contributed by atoms with Crippen LogP contribution in [-0.2, 0) is 4.79 Å². The van der Waals surface area contributed by atoms with E-state index in [1.807, 2.05) is 37.3 Å². The summed E-state index contributed by atoms with van der Waals surface area (Å²) >= 11 is 2.73. The number of benzene rings is 1. The van der Waals surface area contributed by atoms with Gasteiger partial charge in [0.05, 0.1) is 18.2 Å². The van der Waals surface area contributed by atoms with Crippen LogP contribution in [0.4, 0.5) is 10.8 Å². The number of carbonyl (C=O) groups is 1.